The molecule has 3 nitrogen and oxygen atoms in total. The van der Waals surface area contributed by atoms with Crippen LogP contribution in [-0.4, -0.2) is 10.9 Å². The van der Waals surface area contributed by atoms with Crippen LogP contribution in [0.4, 0.5) is 0 Å². The van der Waals surface area contributed by atoms with Crippen molar-refractivity contribution in [3.05, 3.63) is 64.9 Å². The van der Waals surface area contributed by atoms with E-state index in [1.54, 1.807) is 30.6 Å². The average Bonchev–Trinajstić information content (AvgIpc) is 2.37. The molecule has 17 heavy (non-hydrogen) atoms. The van der Waals surface area contributed by atoms with Crippen molar-refractivity contribution in [2.75, 3.05) is 0 Å². The third-order valence-electron chi connectivity index (χ3n) is 2.28. The van der Waals surface area contributed by atoms with Gasteiger partial charge in [-0.05, 0) is 29.8 Å². The second-order valence-electron chi connectivity index (χ2n) is 3.55. The Morgan fingerprint density at radius 2 is 2.00 bits per heavy atom. The molecule has 1 aromatic heterocycles. The fraction of sp³-hybridized carbons (Fsp3) is 0.0769. The Kier molecular flexibility index (Phi) is 3.73. The van der Waals surface area contributed by atoms with Crippen molar-refractivity contribution in [2.24, 2.45) is 0 Å². The monoisotopic (exact) mass is 246 g/mol. The number of nitrogens with one attached hydrogen (secondary N) is 1. The average molecular weight is 247 g/mol. The maximum absolute atomic E-state index is 11.7. The van der Waals surface area contributed by atoms with E-state index >= 15 is 0 Å². The molecule has 0 saturated carbocycles. The minimum Gasteiger partial charge on any atom is -0.348 e. The molecule has 2 aromatic rings. The van der Waals surface area contributed by atoms with Crippen LogP contribution >= 0.6 is 11.6 Å². The van der Waals surface area contributed by atoms with E-state index in [4.69, 9.17) is 11.6 Å². The van der Waals surface area contributed by atoms with E-state index in [2.05, 4.69) is 10.3 Å². The van der Waals surface area contributed by atoms with Gasteiger partial charge in [0.1, 0.15) is 0 Å². The molecule has 1 amide bonds. The van der Waals surface area contributed by atoms with Crippen molar-refractivity contribution in [1.29, 1.82) is 0 Å². The number of carbonyl (C=O) groups is 1. The minimum atomic E-state index is -0.118. The quantitative estimate of drug-likeness (QED) is 0.905. The van der Waals surface area contributed by atoms with Gasteiger partial charge in [0.25, 0.3) is 5.91 Å². The Morgan fingerprint density at radius 3 is 2.71 bits per heavy atom. The van der Waals surface area contributed by atoms with Gasteiger partial charge in [-0.25, -0.2) is 0 Å². The molecule has 0 aliphatic heterocycles. The Hall–Kier alpha value is -1.87. The van der Waals surface area contributed by atoms with Gasteiger partial charge in [-0.15, -0.1) is 0 Å². The molecule has 0 bridgehead atoms. The van der Waals surface area contributed by atoms with E-state index in [9.17, 15) is 4.79 Å². The fourth-order valence-electron chi connectivity index (χ4n) is 1.43. The van der Waals surface area contributed by atoms with Crippen molar-refractivity contribution in [3.8, 4) is 0 Å². The summed E-state index contributed by atoms with van der Waals surface area (Å²) in [6.07, 6.45) is 3.18. The van der Waals surface area contributed by atoms with Crippen molar-refractivity contribution >= 4 is 17.5 Å². The van der Waals surface area contributed by atoms with Crippen LogP contribution in [0.5, 0.6) is 0 Å². The lowest BCUT2D eigenvalue weighted by Gasteiger charge is -2.05. The number of halogens is 1. The first-order valence-electron chi connectivity index (χ1n) is 5.18. The zero-order valence-corrected chi connectivity index (χ0v) is 9.82. The van der Waals surface area contributed by atoms with Crippen LogP contribution in [-0.2, 0) is 6.54 Å². The summed E-state index contributed by atoms with van der Waals surface area (Å²) < 4.78 is 0. The maximum Gasteiger partial charge on any atom is 0.251 e. The molecule has 0 aliphatic rings. The molecule has 0 unspecified atom stereocenters. The summed E-state index contributed by atoms with van der Waals surface area (Å²) >= 11 is 5.86. The Morgan fingerprint density at radius 1 is 1.24 bits per heavy atom. The summed E-state index contributed by atoms with van der Waals surface area (Å²) in [5.41, 5.74) is 1.57. The Balaban J connectivity index is 1.97. The molecule has 2 rings (SSSR count). The molecule has 1 heterocycles. The normalized spacial score (nSPS) is 9.94. The summed E-state index contributed by atoms with van der Waals surface area (Å²) in [6.45, 7) is 0.460. The molecule has 1 aromatic carbocycles. The maximum atomic E-state index is 11.7. The van der Waals surface area contributed by atoms with Gasteiger partial charge < -0.3 is 5.32 Å². The zero-order chi connectivity index (χ0) is 12.1. The van der Waals surface area contributed by atoms with Crippen molar-refractivity contribution in [3.63, 3.8) is 0 Å². The van der Waals surface area contributed by atoms with Gasteiger partial charge in [-0.1, -0.05) is 23.7 Å². The summed E-state index contributed by atoms with van der Waals surface area (Å²) in [4.78, 5) is 15.6. The van der Waals surface area contributed by atoms with Gasteiger partial charge in [0.15, 0.2) is 0 Å². The molecule has 0 fully saturated rings. The minimum absolute atomic E-state index is 0.118. The van der Waals surface area contributed by atoms with E-state index in [0.29, 0.717) is 17.1 Å². The van der Waals surface area contributed by atoms with Gasteiger partial charge in [0.05, 0.1) is 0 Å². The molecule has 0 radical (unpaired) electrons. The van der Waals surface area contributed by atoms with Crippen LogP contribution in [0, 0.1) is 0 Å². The summed E-state index contributed by atoms with van der Waals surface area (Å²) in [5.74, 6) is -0.118. The van der Waals surface area contributed by atoms with E-state index < -0.39 is 0 Å². The Bertz CT molecular complexity index is 514. The lowest BCUT2D eigenvalue weighted by molar-refractivity contribution is 0.0951. The highest BCUT2D eigenvalue weighted by atomic mass is 35.5. The van der Waals surface area contributed by atoms with E-state index in [1.165, 1.54) is 0 Å². The number of benzene rings is 1. The van der Waals surface area contributed by atoms with Crippen molar-refractivity contribution in [1.82, 2.24) is 10.3 Å². The summed E-state index contributed by atoms with van der Waals surface area (Å²) in [6, 6.07) is 10.7. The van der Waals surface area contributed by atoms with Gasteiger partial charge in [-0.3, -0.25) is 9.78 Å². The fourth-order valence-corrected chi connectivity index (χ4v) is 1.65. The molecule has 0 aliphatic carbocycles. The number of hydrogen-bond donors (Lipinski definition) is 1. The number of rotatable bonds is 3. The predicted molar refractivity (Wildman–Crippen MR) is 66.9 cm³/mol. The first kappa shape index (κ1) is 11.6. The third-order valence-corrected chi connectivity index (χ3v) is 2.52. The molecule has 1 N–H and O–H groups in total. The predicted octanol–water partition coefficient (Wildman–Crippen LogP) is 2.67. The second kappa shape index (κ2) is 5.46. The first-order chi connectivity index (χ1) is 8.25. The lowest BCUT2D eigenvalue weighted by Crippen LogP contribution is -2.22. The van der Waals surface area contributed by atoms with Gasteiger partial charge in [0, 0.05) is 29.5 Å². The standard InChI is InChI=1S/C13H11ClN2O/c14-12-3-1-2-10(8-12)9-16-13(17)11-4-6-15-7-5-11/h1-8H,9H2,(H,16,17). The Labute approximate surface area is 104 Å². The number of carbonyl (C=O) groups excluding carboxylic acids is 1. The van der Waals surface area contributed by atoms with Crippen LogP contribution in [0.25, 0.3) is 0 Å². The highest BCUT2D eigenvalue weighted by Gasteiger charge is 2.03. The highest BCUT2D eigenvalue weighted by molar-refractivity contribution is 6.30. The molecule has 0 spiro atoms. The largest absolute Gasteiger partial charge is 0.348 e. The van der Waals surface area contributed by atoms with Gasteiger partial charge >= 0.3 is 0 Å². The number of pyridine rings is 1. The number of hydrogen-bond acceptors (Lipinski definition) is 2. The van der Waals surface area contributed by atoms with E-state index in [0.717, 1.165) is 5.56 Å². The number of nitrogens with zero attached hydrogens (tertiary/aromatic N) is 1. The number of amides is 1. The zero-order valence-electron chi connectivity index (χ0n) is 9.06. The second-order valence-corrected chi connectivity index (χ2v) is 3.98. The van der Waals surface area contributed by atoms with Gasteiger partial charge in [0.2, 0.25) is 0 Å². The van der Waals surface area contributed by atoms with E-state index in [1.807, 2.05) is 18.2 Å². The summed E-state index contributed by atoms with van der Waals surface area (Å²) in [5, 5.41) is 3.48. The molecule has 4 heteroatoms. The third kappa shape index (κ3) is 3.29. The summed E-state index contributed by atoms with van der Waals surface area (Å²) in [7, 11) is 0. The molecular weight excluding hydrogens is 236 g/mol. The molecule has 86 valence electrons. The SMILES string of the molecule is O=C(NCc1cccc(Cl)c1)c1ccncc1. The topological polar surface area (TPSA) is 42.0 Å². The number of aromatic nitrogens is 1. The highest BCUT2D eigenvalue weighted by Crippen LogP contribution is 2.10. The van der Waals surface area contributed by atoms with Crippen LogP contribution < -0.4 is 5.32 Å². The van der Waals surface area contributed by atoms with Crippen LogP contribution in [0.15, 0.2) is 48.8 Å². The van der Waals surface area contributed by atoms with Crippen LogP contribution in [0.2, 0.25) is 5.02 Å². The molecular formula is C13H11ClN2O. The van der Waals surface area contributed by atoms with Crippen LogP contribution in [0.1, 0.15) is 15.9 Å². The first-order valence-corrected chi connectivity index (χ1v) is 5.56. The van der Waals surface area contributed by atoms with Crippen molar-refractivity contribution in [2.45, 2.75) is 6.54 Å². The molecule has 0 atom stereocenters. The lowest BCUT2D eigenvalue weighted by atomic mass is 10.2. The van der Waals surface area contributed by atoms with Crippen LogP contribution in [0.3, 0.4) is 0 Å². The smallest absolute Gasteiger partial charge is 0.251 e. The molecule has 0 saturated heterocycles. The van der Waals surface area contributed by atoms with Crippen molar-refractivity contribution < 1.29 is 4.79 Å². The van der Waals surface area contributed by atoms with Gasteiger partial charge in [-0.2, -0.15) is 0 Å². The van der Waals surface area contributed by atoms with E-state index in [-0.39, 0.29) is 5.91 Å².